The maximum Gasteiger partial charge on any atom is 0.137 e. The molecule has 0 spiro atoms. The average Bonchev–Trinajstić information content (AvgIpc) is 3.89. The zero-order valence-electron chi connectivity index (χ0n) is 36.2. The molecule has 3 heterocycles. The van der Waals surface area contributed by atoms with E-state index in [4.69, 9.17) is 14.8 Å². The molecule has 0 fully saturated rings. The quantitative estimate of drug-likeness (QED) is 0.138. The lowest BCUT2D eigenvalue weighted by atomic mass is 9.78. The van der Waals surface area contributed by atoms with Crippen LogP contribution in [0, 0.1) is 0 Å². The SMILES string of the molecule is CC(C)(c1ccccc1)c1cc(Oc2ccc3c4cc(C(C)(C)c5ccccc5)ccc4n(-c4cc(C(C)(C)c5ccccc5)ccn4)c3c2)cc(-n2ncc3ccccc32)c1. The highest BCUT2D eigenvalue weighted by molar-refractivity contribution is 6.10. The summed E-state index contributed by atoms with van der Waals surface area (Å²) >= 11 is 0. The first-order chi connectivity index (χ1) is 30.0. The number of rotatable bonds is 10. The van der Waals surface area contributed by atoms with E-state index < -0.39 is 0 Å². The van der Waals surface area contributed by atoms with E-state index in [0.717, 1.165) is 55.9 Å². The Bertz CT molecular complexity index is 3230. The average molecular weight is 807 g/mol. The number of fused-ring (bicyclic) bond motifs is 4. The predicted octanol–water partition coefficient (Wildman–Crippen LogP) is 14.3. The number of aromatic nitrogens is 4. The molecule has 0 aliphatic rings. The highest BCUT2D eigenvalue weighted by Crippen LogP contribution is 2.42. The summed E-state index contributed by atoms with van der Waals surface area (Å²) in [6, 6.07) is 64.7. The Morgan fingerprint density at radius 2 is 1.02 bits per heavy atom. The predicted molar refractivity (Wildman–Crippen MR) is 255 cm³/mol. The van der Waals surface area contributed by atoms with Gasteiger partial charge < -0.3 is 4.74 Å². The topological polar surface area (TPSA) is 44.9 Å². The van der Waals surface area contributed by atoms with Gasteiger partial charge in [0.25, 0.3) is 0 Å². The fourth-order valence-corrected chi connectivity index (χ4v) is 9.13. The Morgan fingerprint density at radius 3 is 1.68 bits per heavy atom. The van der Waals surface area contributed by atoms with Crippen LogP contribution in [0.25, 0.3) is 44.2 Å². The highest BCUT2D eigenvalue weighted by atomic mass is 16.5. The molecule has 3 aromatic heterocycles. The largest absolute Gasteiger partial charge is 0.457 e. The standard InChI is InChI=1S/C57H50N4O/c1-55(2,40-19-10-7-11-20-40)43-26-29-52-50(34-43)49-28-27-47(37-53(49)60(52)54-35-44(30-31-58-54)56(3,4)41-21-12-8-13-22-41)62-48-33-45(57(5,6)42-23-14-9-15-24-42)32-46(36-48)61-51-25-17-16-18-39(51)38-59-61/h7-38H,1-6H3. The van der Waals surface area contributed by atoms with Gasteiger partial charge in [-0.05, 0) is 88.0 Å². The van der Waals surface area contributed by atoms with Crippen LogP contribution in [0.15, 0.2) is 194 Å². The minimum Gasteiger partial charge on any atom is -0.457 e. The monoisotopic (exact) mass is 806 g/mol. The smallest absolute Gasteiger partial charge is 0.137 e. The van der Waals surface area contributed by atoms with Crippen LogP contribution in [-0.2, 0) is 16.2 Å². The maximum atomic E-state index is 6.99. The Morgan fingerprint density at radius 1 is 0.419 bits per heavy atom. The summed E-state index contributed by atoms with van der Waals surface area (Å²) in [5.74, 6) is 2.33. The normalized spacial score (nSPS) is 12.4. The summed E-state index contributed by atoms with van der Waals surface area (Å²) < 4.78 is 11.3. The van der Waals surface area contributed by atoms with Gasteiger partial charge in [0.1, 0.15) is 17.3 Å². The van der Waals surface area contributed by atoms with E-state index in [9.17, 15) is 0 Å². The molecule has 0 amide bonds. The van der Waals surface area contributed by atoms with Gasteiger partial charge >= 0.3 is 0 Å². The third-order valence-corrected chi connectivity index (χ3v) is 13.2. The summed E-state index contributed by atoms with van der Waals surface area (Å²) in [5.41, 5.74) is 10.6. The zero-order valence-corrected chi connectivity index (χ0v) is 36.2. The summed E-state index contributed by atoms with van der Waals surface area (Å²) in [6.45, 7) is 13.7. The molecule has 62 heavy (non-hydrogen) atoms. The number of hydrogen-bond donors (Lipinski definition) is 0. The Kier molecular flexibility index (Phi) is 9.44. The highest BCUT2D eigenvalue weighted by Gasteiger charge is 2.28. The van der Waals surface area contributed by atoms with E-state index >= 15 is 0 Å². The molecule has 304 valence electrons. The minimum absolute atomic E-state index is 0.207. The summed E-state index contributed by atoms with van der Waals surface area (Å²) in [4.78, 5) is 5.07. The Labute approximate surface area is 363 Å². The number of hydrogen-bond acceptors (Lipinski definition) is 3. The second-order valence-corrected chi connectivity index (χ2v) is 18.1. The number of ether oxygens (including phenoxy) is 1. The van der Waals surface area contributed by atoms with Gasteiger partial charge in [0.15, 0.2) is 0 Å². The second-order valence-electron chi connectivity index (χ2n) is 18.1. The van der Waals surface area contributed by atoms with Crippen molar-refractivity contribution in [3.05, 3.63) is 228 Å². The molecule has 0 N–H and O–H groups in total. The molecule has 5 heteroatoms. The van der Waals surface area contributed by atoms with Crippen molar-refractivity contribution in [3.8, 4) is 23.0 Å². The van der Waals surface area contributed by atoms with Crippen molar-refractivity contribution in [2.24, 2.45) is 0 Å². The van der Waals surface area contributed by atoms with Crippen LogP contribution in [-0.4, -0.2) is 19.3 Å². The van der Waals surface area contributed by atoms with Crippen LogP contribution < -0.4 is 4.74 Å². The molecular formula is C57H50N4O. The van der Waals surface area contributed by atoms with Crippen LogP contribution in [0.3, 0.4) is 0 Å². The Balaban J connectivity index is 1.14. The first-order valence-corrected chi connectivity index (χ1v) is 21.5. The molecule has 0 aliphatic heterocycles. The third-order valence-electron chi connectivity index (χ3n) is 13.2. The number of para-hydroxylation sites is 1. The van der Waals surface area contributed by atoms with Crippen LogP contribution in [0.1, 0.15) is 74.9 Å². The molecule has 0 saturated heterocycles. The summed E-state index contributed by atoms with van der Waals surface area (Å²) in [7, 11) is 0. The van der Waals surface area contributed by atoms with Crippen molar-refractivity contribution < 1.29 is 4.74 Å². The minimum atomic E-state index is -0.315. The lowest BCUT2D eigenvalue weighted by molar-refractivity contribution is 0.480. The van der Waals surface area contributed by atoms with Crippen LogP contribution in [0.5, 0.6) is 11.5 Å². The first kappa shape index (κ1) is 38.9. The van der Waals surface area contributed by atoms with Crippen molar-refractivity contribution in [2.75, 3.05) is 0 Å². The van der Waals surface area contributed by atoms with Gasteiger partial charge in [-0.2, -0.15) is 5.10 Å². The van der Waals surface area contributed by atoms with Gasteiger partial charge in [-0.1, -0.05) is 157 Å². The van der Waals surface area contributed by atoms with Crippen LogP contribution >= 0.6 is 0 Å². The van der Waals surface area contributed by atoms with Crippen molar-refractivity contribution in [3.63, 3.8) is 0 Å². The van der Waals surface area contributed by atoms with Crippen LogP contribution in [0.4, 0.5) is 0 Å². The third kappa shape index (κ3) is 6.75. The maximum absolute atomic E-state index is 6.99. The Hall–Kier alpha value is -7.24. The summed E-state index contributed by atoms with van der Waals surface area (Å²) in [6.07, 6.45) is 3.87. The van der Waals surface area contributed by atoms with Gasteiger partial charge in [0.2, 0.25) is 0 Å². The molecule has 0 bridgehead atoms. The van der Waals surface area contributed by atoms with Gasteiger partial charge in [-0.25, -0.2) is 9.67 Å². The zero-order chi connectivity index (χ0) is 42.6. The van der Waals surface area contributed by atoms with Crippen molar-refractivity contribution in [1.82, 2.24) is 19.3 Å². The van der Waals surface area contributed by atoms with Crippen molar-refractivity contribution in [2.45, 2.75) is 57.8 Å². The van der Waals surface area contributed by atoms with Gasteiger partial charge in [-0.15, -0.1) is 0 Å². The first-order valence-electron chi connectivity index (χ1n) is 21.5. The van der Waals surface area contributed by atoms with E-state index in [1.54, 1.807) is 0 Å². The number of pyridine rings is 1. The van der Waals surface area contributed by atoms with E-state index in [1.807, 2.05) is 23.1 Å². The molecule has 10 aromatic rings. The summed E-state index contributed by atoms with van der Waals surface area (Å²) in [5, 5.41) is 8.25. The van der Waals surface area contributed by atoms with Gasteiger partial charge in [-0.3, -0.25) is 4.57 Å². The van der Waals surface area contributed by atoms with Gasteiger partial charge in [0, 0.05) is 50.7 Å². The number of benzene rings is 7. The van der Waals surface area contributed by atoms with E-state index in [-0.39, 0.29) is 16.2 Å². The molecule has 10 rings (SSSR count). The molecule has 5 nitrogen and oxygen atoms in total. The van der Waals surface area contributed by atoms with E-state index in [0.29, 0.717) is 0 Å². The van der Waals surface area contributed by atoms with Gasteiger partial charge in [0.05, 0.1) is 28.4 Å². The number of nitrogens with zero attached hydrogens (tertiary/aromatic N) is 4. The molecule has 0 saturated carbocycles. The molecule has 7 aromatic carbocycles. The fourth-order valence-electron chi connectivity index (χ4n) is 9.13. The van der Waals surface area contributed by atoms with Crippen molar-refractivity contribution >= 4 is 32.7 Å². The lowest BCUT2D eigenvalue weighted by Gasteiger charge is -2.27. The van der Waals surface area contributed by atoms with Crippen molar-refractivity contribution in [1.29, 1.82) is 0 Å². The lowest BCUT2D eigenvalue weighted by Crippen LogP contribution is -2.19. The molecular weight excluding hydrogens is 757 g/mol. The molecule has 0 radical (unpaired) electrons. The molecule has 0 atom stereocenters. The molecule has 0 aliphatic carbocycles. The fraction of sp³-hybridized carbons (Fsp3) is 0.158. The molecule has 0 unspecified atom stereocenters. The van der Waals surface area contributed by atoms with E-state index in [2.05, 4.69) is 222 Å². The second kappa shape index (κ2) is 15.0. The van der Waals surface area contributed by atoms with E-state index in [1.165, 1.54) is 33.2 Å². The van der Waals surface area contributed by atoms with Crippen LogP contribution in [0.2, 0.25) is 0 Å².